The minimum absolute atomic E-state index is 0.0840. The van der Waals surface area contributed by atoms with Gasteiger partial charge in [0.15, 0.2) is 0 Å². The number of carbonyl (C=O) groups is 1. The van der Waals surface area contributed by atoms with Gasteiger partial charge < -0.3 is 4.74 Å². The fourth-order valence-electron chi connectivity index (χ4n) is 2.00. The number of benzene rings is 2. The third-order valence-electron chi connectivity index (χ3n) is 3.29. The van der Waals surface area contributed by atoms with Crippen LogP contribution in [0, 0.1) is 0 Å². The molecular weight excluding hydrogens is 389 g/mol. The van der Waals surface area contributed by atoms with Gasteiger partial charge in [-0.05, 0) is 42.5 Å². The van der Waals surface area contributed by atoms with Gasteiger partial charge in [-0.15, -0.1) is 0 Å². The summed E-state index contributed by atoms with van der Waals surface area (Å²) in [4.78, 5) is 11.6. The molecule has 0 saturated heterocycles. The molecule has 3 N–H and O–H groups in total. The first-order valence-corrected chi connectivity index (χ1v) is 9.10. The Bertz CT molecular complexity index is 873. The zero-order chi connectivity index (χ0) is 18.6. The van der Waals surface area contributed by atoms with E-state index in [4.69, 9.17) is 33.8 Å². The fraction of sp³-hybridized carbons (Fsp3) is 0.133. The summed E-state index contributed by atoms with van der Waals surface area (Å²) in [6.45, 7) is -0.509. The number of carbonyl (C=O) groups excluding carboxylic acids is 1. The van der Waals surface area contributed by atoms with Crippen molar-refractivity contribution in [3.05, 3.63) is 52.5 Å². The predicted octanol–water partition coefficient (Wildman–Crippen LogP) is 2.19. The summed E-state index contributed by atoms with van der Waals surface area (Å²) < 4.78 is 31.9. The number of hydrogen-bond donors (Lipinski definition) is 2. The summed E-state index contributed by atoms with van der Waals surface area (Å²) in [7, 11) is -2.60. The molecule has 25 heavy (non-hydrogen) atoms. The summed E-state index contributed by atoms with van der Waals surface area (Å²) in [5, 5.41) is 0.303. The van der Waals surface area contributed by atoms with Crippen LogP contribution in [0.1, 0.15) is 0 Å². The molecule has 0 atom stereocenters. The lowest BCUT2D eigenvalue weighted by Gasteiger charge is -2.24. The van der Waals surface area contributed by atoms with Gasteiger partial charge in [0, 0.05) is 0 Å². The van der Waals surface area contributed by atoms with Gasteiger partial charge in [0.1, 0.15) is 12.3 Å². The Morgan fingerprint density at radius 3 is 2.32 bits per heavy atom. The molecular formula is C15H15Cl2N3O4S. The lowest BCUT2D eigenvalue weighted by atomic mass is 10.3. The number of rotatable bonds is 6. The molecule has 0 fully saturated rings. The first kappa shape index (κ1) is 19.3. The van der Waals surface area contributed by atoms with E-state index >= 15 is 0 Å². The van der Waals surface area contributed by atoms with Crippen molar-refractivity contribution in [1.29, 1.82) is 0 Å². The minimum Gasteiger partial charge on any atom is -0.497 e. The van der Waals surface area contributed by atoms with E-state index in [9.17, 15) is 13.2 Å². The number of sulfonamides is 1. The number of ether oxygens (including phenoxy) is 1. The Hall–Kier alpha value is -2.00. The molecule has 0 aliphatic heterocycles. The third-order valence-corrected chi connectivity index (χ3v) is 5.80. The van der Waals surface area contributed by atoms with Crippen molar-refractivity contribution in [3.8, 4) is 5.75 Å². The molecule has 10 heteroatoms. The van der Waals surface area contributed by atoms with Crippen LogP contribution in [-0.2, 0) is 14.8 Å². The molecule has 0 bridgehead atoms. The Morgan fingerprint density at radius 2 is 1.80 bits per heavy atom. The van der Waals surface area contributed by atoms with Crippen LogP contribution in [0.3, 0.4) is 0 Å². The minimum atomic E-state index is -4.09. The average molecular weight is 404 g/mol. The second-order valence-corrected chi connectivity index (χ2v) is 7.53. The molecule has 0 aliphatic rings. The summed E-state index contributed by atoms with van der Waals surface area (Å²) in [5.74, 6) is 4.95. The van der Waals surface area contributed by atoms with Crippen LogP contribution < -0.4 is 20.3 Å². The van der Waals surface area contributed by atoms with Crippen LogP contribution >= 0.6 is 23.2 Å². The number of methoxy groups -OCH3 is 1. The van der Waals surface area contributed by atoms with Gasteiger partial charge in [0.2, 0.25) is 0 Å². The van der Waals surface area contributed by atoms with Crippen molar-refractivity contribution in [2.45, 2.75) is 4.90 Å². The van der Waals surface area contributed by atoms with E-state index in [2.05, 4.69) is 0 Å². The Labute approximate surface area is 155 Å². The quantitative estimate of drug-likeness (QED) is 0.437. The molecule has 2 rings (SSSR count). The summed E-state index contributed by atoms with van der Waals surface area (Å²) >= 11 is 11.7. The molecule has 2 aromatic carbocycles. The van der Waals surface area contributed by atoms with Gasteiger partial charge >= 0.3 is 0 Å². The zero-order valence-corrected chi connectivity index (χ0v) is 15.4. The molecule has 0 radical (unpaired) electrons. The molecule has 7 nitrogen and oxygen atoms in total. The Morgan fingerprint density at radius 1 is 1.16 bits per heavy atom. The largest absolute Gasteiger partial charge is 0.497 e. The number of hydrogen-bond acceptors (Lipinski definition) is 5. The SMILES string of the molecule is COc1ccc(N(CC(=O)NN)S(=O)(=O)c2ccc(Cl)c(Cl)c2)cc1. The maximum absolute atomic E-state index is 13.0. The molecule has 2 aromatic rings. The number of nitrogens with two attached hydrogens (primary N) is 1. The highest BCUT2D eigenvalue weighted by Crippen LogP contribution is 2.29. The van der Waals surface area contributed by atoms with Crippen molar-refractivity contribution in [1.82, 2.24) is 5.43 Å². The summed E-state index contributed by atoms with van der Waals surface area (Å²) in [6, 6.07) is 10.1. The maximum atomic E-state index is 13.0. The van der Waals surface area contributed by atoms with Crippen LogP contribution in [0.25, 0.3) is 0 Å². The van der Waals surface area contributed by atoms with Crippen molar-refractivity contribution < 1.29 is 17.9 Å². The van der Waals surface area contributed by atoms with E-state index in [1.807, 2.05) is 5.43 Å². The van der Waals surface area contributed by atoms with Crippen molar-refractivity contribution in [2.75, 3.05) is 18.0 Å². The van der Waals surface area contributed by atoms with E-state index in [-0.39, 0.29) is 20.6 Å². The molecule has 0 spiro atoms. The van der Waals surface area contributed by atoms with E-state index in [1.54, 1.807) is 12.1 Å². The summed E-state index contributed by atoms with van der Waals surface area (Å²) in [6.07, 6.45) is 0. The number of amides is 1. The van der Waals surface area contributed by atoms with Gasteiger partial charge in [-0.25, -0.2) is 14.3 Å². The summed E-state index contributed by atoms with van der Waals surface area (Å²) in [5.41, 5.74) is 2.17. The van der Waals surface area contributed by atoms with Crippen molar-refractivity contribution >= 4 is 44.8 Å². The molecule has 0 saturated carbocycles. The number of anilines is 1. The highest BCUT2D eigenvalue weighted by atomic mass is 35.5. The number of nitrogens with zero attached hydrogens (tertiary/aromatic N) is 1. The van der Waals surface area contributed by atoms with Gasteiger partial charge in [0.05, 0.1) is 27.7 Å². The Kier molecular flexibility index (Phi) is 6.12. The second-order valence-electron chi connectivity index (χ2n) is 4.85. The molecule has 0 heterocycles. The van der Waals surface area contributed by atoms with Gasteiger partial charge in [-0.3, -0.25) is 14.5 Å². The fourth-order valence-corrected chi connectivity index (χ4v) is 3.81. The normalized spacial score (nSPS) is 11.0. The molecule has 0 aliphatic carbocycles. The predicted molar refractivity (Wildman–Crippen MR) is 96.3 cm³/mol. The van der Waals surface area contributed by atoms with E-state index in [0.717, 1.165) is 4.31 Å². The lowest BCUT2D eigenvalue weighted by Crippen LogP contribution is -2.43. The van der Waals surface area contributed by atoms with Crippen LogP contribution in [0.15, 0.2) is 47.4 Å². The monoisotopic (exact) mass is 403 g/mol. The maximum Gasteiger partial charge on any atom is 0.264 e. The van der Waals surface area contributed by atoms with Gasteiger partial charge in [-0.2, -0.15) is 0 Å². The van der Waals surface area contributed by atoms with Crippen molar-refractivity contribution in [3.63, 3.8) is 0 Å². The van der Waals surface area contributed by atoms with Crippen LogP contribution in [0.2, 0.25) is 10.0 Å². The molecule has 0 aromatic heterocycles. The number of nitrogens with one attached hydrogen (secondary N) is 1. The topological polar surface area (TPSA) is 102 Å². The Balaban J connectivity index is 2.52. The average Bonchev–Trinajstić information content (AvgIpc) is 2.61. The molecule has 0 unspecified atom stereocenters. The molecule has 134 valence electrons. The van der Waals surface area contributed by atoms with Crippen LogP contribution in [0.5, 0.6) is 5.75 Å². The van der Waals surface area contributed by atoms with E-state index in [0.29, 0.717) is 5.75 Å². The zero-order valence-electron chi connectivity index (χ0n) is 13.1. The first-order valence-electron chi connectivity index (χ1n) is 6.91. The van der Waals surface area contributed by atoms with Crippen molar-refractivity contribution in [2.24, 2.45) is 5.84 Å². The van der Waals surface area contributed by atoms with E-state index < -0.39 is 22.5 Å². The smallest absolute Gasteiger partial charge is 0.264 e. The number of hydrazine groups is 1. The third kappa shape index (κ3) is 4.35. The highest BCUT2D eigenvalue weighted by Gasteiger charge is 2.27. The van der Waals surface area contributed by atoms with E-state index in [1.165, 1.54) is 37.4 Å². The van der Waals surface area contributed by atoms with Crippen LogP contribution in [-0.4, -0.2) is 28.0 Å². The van der Waals surface area contributed by atoms with Gasteiger partial charge in [0.25, 0.3) is 15.9 Å². The lowest BCUT2D eigenvalue weighted by molar-refractivity contribution is -0.119. The van der Waals surface area contributed by atoms with Crippen LogP contribution in [0.4, 0.5) is 5.69 Å². The number of halogens is 2. The second kappa shape index (κ2) is 7.92. The van der Waals surface area contributed by atoms with Gasteiger partial charge in [-0.1, -0.05) is 23.2 Å². The standard InChI is InChI=1S/C15H15Cl2N3O4S/c1-24-11-4-2-10(3-5-11)20(9-15(21)19-18)25(22,23)12-6-7-13(16)14(17)8-12/h2-8H,9,18H2,1H3,(H,19,21). The molecule has 1 amide bonds. The first-order chi connectivity index (χ1) is 11.8. The highest BCUT2D eigenvalue weighted by molar-refractivity contribution is 7.92.